The van der Waals surface area contributed by atoms with Gasteiger partial charge in [-0.05, 0) is 33.1 Å². The van der Waals surface area contributed by atoms with Crippen LogP contribution < -0.4 is 0 Å². The molecule has 0 unspecified atom stereocenters. The first-order valence-electron chi connectivity index (χ1n) is 7.33. The van der Waals surface area contributed by atoms with Gasteiger partial charge in [-0.15, -0.1) is 0 Å². The Morgan fingerprint density at radius 3 is 1.67 bits per heavy atom. The number of carbonyl (C=O) groups is 2. The summed E-state index contributed by atoms with van der Waals surface area (Å²) in [6.45, 7) is 2.83. The van der Waals surface area contributed by atoms with Crippen molar-refractivity contribution >= 4 is 27.9 Å². The Kier molecular flexibility index (Phi) is 9.16. The molecule has 0 radical (unpaired) electrons. The Balaban J connectivity index is 5.32. The summed E-state index contributed by atoms with van der Waals surface area (Å²) in [6.07, 6.45) is -8.57. The Morgan fingerprint density at radius 1 is 0.875 bits per heavy atom. The van der Waals surface area contributed by atoms with Crippen LogP contribution in [0.3, 0.4) is 0 Å². The minimum absolute atomic E-state index is 0.0685. The van der Waals surface area contributed by atoms with Crippen molar-refractivity contribution < 1.29 is 41.0 Å². The lowest BCUT2D eigenvalue weighted by Crippen LogP contribution is -2.43. The molecule has 24 heavy (non-hydrogen) atoms. The number of ether oxygens (including phenoxy) is 2. The molecule has 0 heterocycles. The largest absolute Gasteiger partial charge is 0.465 e. The molecule has 0 aromatic heterocycles. The van der Waals surface area contributed by atoms with Gasteiger partial charge in [0.15, 0.2) is 5.41 Å². The molecule has 0 aromatic carbocycles. The van der Waals surface area contributed by atoms with Crippen LogP contribution in [-0.2, 0) is 19.1 Å². The summed E-state index contributed by atoms with van der Waals surface area (Å²) in [4.78, 5) is 24.3. The normalized spacial score (nSPS) is 12.8. The number of hydrogen-bond acceptors (Lipinski definition) is 4. The van der Waals surface area contributed by atoms with Crippen molar-refractivity contribution in [2.75, 3.05) is 18.5 Å². The molecule has 0 N–H and O–H groups in total. The summed E-state index contributed by atoms with van der Waals surface area (Å²) in [5.74, 6) is -6.87. The summed E-state index contributed by atoms with van der Waals surface area (Å²) < 4.78 is 72.3. The Hall–Kier alpha value is -0.930. The second kappa shape index (κ2) is 9.53. The van der Waals surface area contributed by atoms with Crippen molar-refractivity contribution in [3.05, 3.63) is 0 Å². The first kappa shape index (κ1) is 23.1. The van der Waals surface area contributed by atoms with Gasteiger partial charge < -0.3 is 9.47 Å². The molecule has 0 amide bonds. The van der Waals surface area contributed by atoms with Crippen LogP contribution in [0.25, 0.3) is 0 Å². The third kappa shape index (κ3) is 5.86. The van der Waals surface area contributed by atoms with Gasteiger partial charge >= 0.3 is 24.0 Å². The quantitative estimate of drug-likeness (QED) is 0.227. The highest BCUT2D eigenvalue weighted by Crippen LogP contribution is 2.41. The molecule has 0 aliphatic rings. The van der Waals surface area contributed by atoms with Crippen LogP contribution in [0.4, 0.5) is 22.0 Å². The molecule has 0 fully saturated rings. The maximum atomic E-state index is 13.0. The topological polar surface area (TPSA) is 52.6 Å². The van der Waals surface area contributed by atoms with Crippen molar-refractivity contribution in [3.8, 4) is 0 Å². The van der Waals surface area contributed by atoms with Crippen LogP contribution in [0.1, 0.15) is 39.5 Å². The summed E-state index contributed by atoms with van der Waals surface area (Å²) in [6, 6.07) is 0. The molecule has 0 saturated heterocycles. The Morgan fingerprint density at radius 2 is 1.33 bits per heavy atom. The molecule has 0 saturated carbocycles. The van der Waals surface area contributed by atoms with Crippen molar-refractivity contribution in [3.63, 3.8) is 0 Å². The maximum absolute atomic E-state index is 13.0. The number of alkyl halides is 6. The molecule has 0 spiro atoms. The highest BCUT2D eigenvalue weighted by Gasteiger charge is 2.57. The van der Waals surface area contributed by atoms with Gasteiger partial charge in [-0.3, -0.25) is 9.59 Å². The average Bonchev–Trinajstić information content (AvgIpc) is 2.45. The molecule has 0 bridgehead atoms. The van der Waals surface area contributed by atoms with E-state index < -0.39 is 48.7 Å². The molecule has 0 aromatic rings. The van der Waals surface area contributed by atoms with Gasteiger partial charge in [-0.1, -0.05) is 15.9 Å². The van der Waals surface area contributed by atoms with E-state index in [0.29, 0.717) is 0 Å². The van der Waals surface area contributed by atoms with Crippen molar-refractivity contribution in [1.29, 1.82) is 0 Å². The minimum Gasteiger partial charge on any atom is -0.465 e. The molecular formula is C14H20BrF5O4. The lowest BCUT2D eigenvalue weighted by Gasteiger charge is -2.29. The van der Waals surface area contributed by atoms with E-state index in [1.165, 1.54) is 13.8 Å². The number of esters is 2. The molecule has 4 nitrogen and oxygen atoms in total. The maximum Gasteiger partial charge on any atom is 0.453 e. The number of halogens is 6. The van der Waals surface area contributed by atoms with Crippen LogP contribution >= 0.6 is 15.9 Å². The molecule has 142 valence electrons. The van der Waals surface area contributed by atoms with Crippen LogP contribution in [0.2, 0.25) is 0 Å². The highest BCUT2D eigenvalue weighted by molar-refractivity contribution is 9.09. The first-order valence-corrected chi connectivity index (χ1v) is 8.45. The van der Waals surface area contributed by atoms with Gasteiger partial charge in [0.1, 0.15) is 0 Å². The van der Waals surface area contributed by atoms with Gasteiger partial charge in [0, 0.05) is 11.8 Å². The Labute approximate surface area is 145 Å². The third-order valence-electron chi connectivity index (χ3n) is 3.36. The van der Waals surface area contributed by atoms with E-state index in [-0.39, 0.29) is 25.0 Å². The fraction of sp³-hybridized carbons (Fsp3) is 0.857. The fourth-order valence-corrected chi connectivity index (χ4v) is 2.75. The fourth-order valence-electron chi connectivity index (χ4n) is 2.07. The van der Waals surface area contributed by atoms with Crippen LogP contribution in [-0.4, -0.2) is 42.6 Å². The van der Waals surface area contributed by atoms with Crippen LogP contribution in [0.15, 0.2) is 0 Å². The van der Waals surface area contributed by atoms with Crippen molar-refractivity contribution in [2.45, 2.75) is 51.6 Å². The van der Waals surface area contributed by atoms with Gasteiger partial charge in [-0.25, -0.2) is 0 Å². The van der Waals surface area contributed by atoms with E-state index in [1.807, 2.05) is 0 Å². The summed E-state index contributed by atoms with van der Waals surface area (Å²) in [5, 5.41) is 0.139. The summed E-state index contributed by atoms with van der Waals surface area (Å²) in [5.41, 5.74) is -1.91. The predicted octanol–water partition coefficient (Wildman–Crippen LogP) is 4.25. The smallest absolute Gasteiger partial charge is 0.453 e. The van der Waals surface area contributed by atoms with Gasteiger partial charge in [-0.2, -0.15) is 22.0 Å². The van der Waals surface area contributed by atoms with Crippen LogP contribution in [0.5, 0.6) is 0 Å². The molecule has 0 aliphatic carbocycles. The number of rotatable bonds is 10. The standard InChI is InChI=1S/C14H20BrF5O4/c1-3-23-10(21)12(8-9-15,11(22)24-4-2)6-5-7-13(16,17)14(18,19)20/h3-9H2,1-2H3. The minimum atomic E-state index is -5.68. The number of carbonyl (C=O) groups excluding carboxylic acids is 2. The van der Waals surface area contributed by atoms with E-state index in [0.717, 1.165) is 0 Å². The molecule has 10 heteroatoms. The van der Waals surface area contributed by atoms with E-state index in [2.05, 4.69) is 15.9 Å². The van der Waals surface area contributed by atoms with Crippen LogP contribution in [0, 0.1) is 5.41 Å². The average molecular weight is 427 g/mol. The van der Waals surface area contributed by atoms with Crippen molar-refractivity contribution in [1.82, 2.24) is 0 Å². The second-order valence-electron chi connectivity index (χ2n) is 5.02. The monoisotopic (exact) mass is 426 g/mol. The molecule has 0 atom stereocenters. The lowest BCUT2D eigenvalue weighted by molar-refractivity contribution is -0.284. The zero-order valence-corrected chi connectivity index (χ0v) is 14.9. The predicted molar refractivity (Wildman–Crippen MR) is 79.0 cm³/mol. The van der Waals surface area contributed by atoms with Gasteiger partial charge in [0.05, 0.1) is 13.2 Å². The van der Waals surface area contributed by atoms with E-state index in [1.54, 1.807) is 0 Å². The number of hydrogen-bond donors (Lipinski definition) is 0. The van der Waals surface area contributed by atoms with Gasteiger partial charge in [0.2, 0.25) is 0 Å². The lowest BCUT2D eigenvalue weighted by atomic mass is 9.79. The molecular weight excluding hydrogens is 407 g/mol. The SMILES string of the molecule is CCOC(=O)C(CCBr)(CCCC(F)(F)C(F)(F)F)C(=O)OCC. The van der Waals surface area contributed by atoms with Crippen molar-refractivity contribution in [2.24, 2.45) is 5.41 Å². The van der Waals surface area contributed by atoms with E-state index in [9.17, 15) is 31.5 Å². The third-order valence-corrected chi connectivity index (χ3v) is 3.76. The summed E-state index contributed by atoms with van der Waals surface area (Å²) >= 11 is 3.04. The van der Waals surface area contributed by atoms with E-state index in [4.69, 9.17) is 9.47 Å². The zero-order chi connectivity index (χ0) is 19.0. The van der Waals surface area contributed by atoms with E-state index >= 15 is 0 Å². The zero-order valence-electron chi connectivity index (χ0n) is 13.4. The molecule has 0 aliphatic heterocycles. The Bertz CT molecular complexity index is 408. The highest BCUT2D eigenvalue weighted by atomic mass is 79.9. The first-order chi connectivity index (χ1) is 11.0. The summed E-state index contributed by atoms with van der Waals surface area (Å²) in [7, 11) is 0. The molecule has 0 rings (SSSR count). The second-order valence-corrected chi connectivity index (χ2v) is 5.81. The van der Waals surface area contributed by atoms with Gasteiger partial charge in [0.25, 0.3) is 0 Å².